The van der Waals surface area contributed by atoms with Gasteiger partial charge in [0.1, 0.15) is 5.71 Å². The molecule has 0 aromatic carbocycles. The Balaban J connectivity index is 3.02. The highest BCUT2D eigenvalue weighted by molar-refractivity contribution is 7.80. The van der Waals surface area contributed by atoms with Crippen LogP contribution in [0.15, 0.2) is 34.7 Å². The van der Waals surface area contributed by atoms with Crippen molar-refractivity contribution >= 4 is 46.0 Å². The van der Waals surface area contributed by atoms with Gasteiger partial charge in [0.15, 0.2) is 5.11 Å². The number of thiocarbonyl (C=S) groups is 2. The van der Waals surface area contributed by atoms with Crippen LogP contribution in [0.2, 0.25) is 0 Å². The van der Waals surface area contributed by atoms with E-state index in [9.17, 15) is 0 Å². The zero-order chi connectivity index (χ0) is 15.7. The maximum atomic E-state index is 5.09. The Bertz CT molecular complexity index is 553. The number of hydrazone groups is 2. The fraction of sp³-hybridized carbons (Fsp3) is 0.308. The van der Waals surface area contributed by atoms with Gasteiger partial charge >= 0.3 is 0 Å². The van der Waals surface area contributed by atoms with Crippen molar-refractivity contribution < 1.29 is 0 Å². The molecule has 0 saturated heterocycles. The van der Waals surface area contributed by atoms with Crippen molar-refractivity contribution in [1.29, 1.82) is 0 Å². The number of rotatable bonds is 5. The minimum Gasteiger partial charge on any atom is -0.364 e. The minimum absolute atomic E-state index is 0.423. The lowest BCUT2D eigenvalue weighted by molar-refractivity contribution is 0.974. The molecule has 3 N–H and O–H groups in total. The van der Waals surface area contributed by atoms with Crippen LogP contribution in [0.3, 0.4) is 0 Å². The van der Waals surface area contributed by atoms with Gasteiger partial charge in [0.25, 0.3) is 0 Å². The lowest BCUT2D eigenvalue weighted by Crippen LogP contribution is -2.31. The Kier molecular flexibility index (Phi) is 7.41. The molecule has 8 heteroatoms. The van der Waals surface area contributed by atoms with Crippen molar-refractivity contribution in [3.8, 4) is 0 Å². The van der Waals surface area contributed by atoms with Gasteiger partial charge in [0, 0.05) is 25.0 Å². The smallest absolute Gasteiger partial charge is 0.186 e. The van der Waals surface area contributed by atoms with Crippen molar-refractivity contribution in [3.05, 3.63) is 30.1 Å². The number of aromatic nitrogens is 1. The van der Waals surface area contributed by atoms with Crippen LogP contribution in [0, 0.1) is 0 Å². The van der Waals surface area contributed by atoms with Crippen LogP contribution >= 0.6 is 24.4 Å². The fourth-order valence-electron chi connectivity index (χ4n) is 1.30. The molecule has 21 heavy (non-hydrogen) atoms. The topological polar surface area (TPSA) is 73.7 Å². The van der Waals surface area contributed by atoms with E-state index in [1.165, 1.54) is 0 Å². The third-order valence-corrected chi connectivity index (χ3v) is 3.14. The first kappa shape index (κ1) is 17.1. The van der Waals surface area contributed by atoms with Gasteiger partial charge in [0.05, 0.1) is 10.7 Å². The third kappa shape index (κ3) is 5.92. The van der Waals surface area contributed by atoms with Crippen molar-refractivity contribution in [1.82, 2.24) is 21.2 Å². The monoisotopic (exact) mass is 322 g/mol. The van der Waals surface area contributed by atoms with E-state index in [4.69, 9.17) is 24.4 Å². The summed E-state index contributed by atoms with van der Waals surface area (Å²) in [6.07, 6.45) is 4.12. The van der Waals surface area contributed by atoms with Crippen molar-refractivity contribution in [2.75, 3.05) is 7.05 Å². The van der Waals surface area contributed by atoms with E-state index in [1.54, 1.807) is 19.4 Å². The van der Waals surface area contributed by atoms with Crippen LogP contribution in [-0.2, 0) is 0 Å². The summed E-state index contributed by atoms with van der Waals surface area (Å²) < 4.78 is 0. The normalized spacial score (nSPS) is 11.8. The summed E-state index contributed by atoms with van der Waals surface area (Å²) in [6, 6.07) is 3.69. The fourth-order valence-corrected chi connectivity index (χ4v) is 1.40. The van der Waals surface area contributed by atoms with E-state index in [-0.39, 0.29) is 0 Å². The van der Waals surface area contributed by atoms with Gasteiger partial charge in [-0.1, -0.05) is 19.1 Å². The van der Waals surface area contributed by atoms with E-state index >= 15 is 0 Å². The highest BCUT2D eigenvalue weighted by Crippen LogP contribution is 2.01. The first-order chi connectivity index (χ1) is 10.1. The largest absolute Gasteiger partial charge is 0.364 e. The summed E-state index contributed by atoms with van der Waals surface area (Å²) in [7, 11) is 1.72. The molecule has 0 aliphatic rings. The first-order valence-corrected chi connectivity index (χ1v) is 7.19. The van der Waals surface area contributed by atoms with Crippen molar-refractivity contribution in [2.24, 2.45) is 10.2 Å². The Labute approximate surface area is 135 Å². The van der Waals surface area contributed by atoms with Gasteiger partial charge < -0.3 is 5.32 Å². The first-order valence-electron chi connectivity index (χ1n) is 6.37. The molecule has 0 atom stereocenters. The molecule has 1 rings (SSSR count). The quantitative estimate of drug-likeness (QED) is 0.434. The average Bonchev–Trinajstić information content (AvgIpc) is 2.53. The summed E-state index contributed by atoms with van der Waals surface area (Å²) in [5, 5.41) is 11.8. The SMILES string of the molecule is CCC(=S)NN=C(C)C(=NNC(=S)NC)c1ccncc1. The highest BCUT2D eigenvalue weighted by Gasteiger charge is 2.08. The van der Waals surface area contributed by atoms with Crippen LogP contribution in [0.25, 0.3) is 0 Å². The standard InChI is InChI=1S/C13H18N6S2/c1-4-11(20)17-16-9(2)12(18-19-13(21)14-3)10-5-7-15-8-6-10/h5-8H,4H2,1-3H3,(H,17,20)(H2,14,19,21). The molecule has 1 heterocycles. The number of hydrogen-bond acceptors (Lipinski definition) is 5. The molecule has 0 aliphatic heterocycles. The molecule has 0 fully saturated rings. The van der Waals surface area contributed by atoms with Crippen LogP contribution < -0.4 is 16.2 Å². The zero-order valence-electron chi connectivity index (χ0n) is 12.2. The van der Waals surface area contributed by atoms with Crippen molar-refractivity contribution in [2.45, 2.75) is 20.3 Å². The maximum absolute atomic E-state index is 5.09. The lowest BCUT2D eigenvalue weighted by Gasteiger charge is -2.08. The Morgan fingerprint density at radius 1 is 1.19 bits per heavy atom. The predicted molar refractivity (Wildman–Crippen MR) is 94.7 cm³/mol. The number of pyridine rings is 1. The number of nitrogens with one attached hydrogen (secondary N) is 3. The highest BCUT2D eigenvalue weighted by atomic mass is 32.1. The third-order valence-electron chi connectivity index (χ3n) is 2.46. The lowest BCUT2D eigenvalue weighted by atomic mass is 10.1. The Morgan fingerprint density at radius 2 is 1.86 bits per heavy atom. The molecule has 0 spiro atoms. The zero-order valence-corrected chi connectivity index (χ0v) is 13.8. The molecule has 1 aromatic heterocycles. The molecule has 0 amide bonds. The van der Waals surface area contributed by atoms with Gasteiger partial charge in [-0.3, -0.25) is 15.8 Å². The van der Waals surface area contributed by atoms with Crippen LogP contribution in [0.1, 0.15) is 25.8 Å². The second kappa shape index (κ2) is 9.09. The maximum Gasteiger partial charge on any atom is 0.186 e. The Morgan fingerprint density at radius 3 is 2.43 bits per heavy atom. The van der Waals surface area contributed by atoms with Gasteiger partial charge in [-0.25, -0.2) is 0 Å². The van der Waals surface area contributed by atoms with Gasteiger partial charge in [-0.05, 0) is 37.7 Å². The number of hydrogen-bond donors (Lipinski definition) is 3. The van der Waals surface area contributed by atoms with Gasteiger partial charge in [-0.15, -0.1) is 0 Å². The van der Waals surface area contributed by atoms with Crippen LogP contribution in [0.5, 0.6) is 0 Å². The molecular formula is C13H18N6S2. The molecular weight excluding hydrogens is 304 g/mol. The van der Waals surface area contributed by atoms with Gasteiger partial charge in [-0.2, -0.15) is 10.2 Å². The summed E-state index contributed by atoms with van der Waals surface area (Å²) in [4.78, 5) is 4.66. The minimum atomic E-state index is 0.423. The predicted octanol–water partition coefficient (Wildman–Crippen LogP) is 1.58. The Hall–Kier alpha value is -1.93. The van der Waals surface area contributed by atoms with Gasteiger partial charge in [0.2, 0.25) is 0 Å². The summed E-state index contributed by atoms with van der Waals surface area (Å²) in [5.41, 5.74) is 7.81. The molecule has 6 nitrogen and oxygen atoms in total. The molecule has 0 saturated carbocycles. The summed E-state index contributed by atoms with van der Waals surface area (Å²) >= 11 is 10.1. The van der Waals surface area contributed by atoms with Crippen LogP contribution in [-0.4, -0.2) is 33.6 Å². The molecule has 0 unspecified atom stereocenters. The van der Waals surface area contributed by atoms with E-state index in [0.717, 1.165) is 12.0 Å². The summed E-state index contributed by atoms with van der Waals surface area (Å²) in [5.74, 6) is 0. The molecule has 112 valence electrons. The summed E-state index contributed by atoms with van der Waals surface area (Å²) in [6.45, 7) is 3.81. The number of nitrogens with zero attached hydrogens (tertiary/aromatic N) is 3. The van der Waals surface area contributed by atoms with E-state index < -0.39 is 0 Å². The average molecular weight is 322 g/mol. The molecule has 0 aliphatic carbocycles. The van der Waals surface area contributed by atoms with Crippen LogP contribution in [0.4, 0.5) is 0 Å². The molecule has 0 bridgehead atoms. The molecule has 0 radical (unpaired) electrons. The second-order valence-electron chi connectivity index (χ2n) is 3.97. The van der Waals surface area contributed by atoms with Crippen molar-refractivity contribution in [3.63, 3.8) is 0 Å². The van der Waals surface area contributed by atoms with E-state index in [2.05, 4.69) is 31.4 Å². The van der Waals surface area contributed by atoms with E-state index in [0.29, 0.717) is 21.5 Å². The van der Waals surface area contributed by atoms with E-state index in [1.807, 2.05) is 26.0 Å². The molecule has 1 aromatic rings. The second-order valence-corrected chi connectivity index (χ2v) is 4.87.